The number of nitrogens with one attached hydrogen (secondary N) is 1. The number of rotatable bonds is 1. The van der Waals surface area contributed by atoms with Crippen LogP contribution in [0.25, 0.3) is 0 Å². The van der Waals surface area contributed by atoms with Crippen LogP contribution in [0.5, 0.6) is 0 Å². The van der Waals surface area contributed by atoms with Gasteiger partial charge in [0.15, 0.2) is 0 Å². The Bertz CT molecular complexity index is 228. The number of ether oxygens (including phenoxy) is 1. The number of esters is 1. The van der Waals surface area contributed by atoms with Crippen LogP contribution < -0.4 is 5.32 Å². The fraction of sp³-hybridized carbons (Fsp3) is 0.727. The van der Waals surface area contributed by atoms with E-state index in [1.54, 1.807) is 0 Å². The van der Waals surface area contributed by atoms with Crippen molar-refractivity contribution in [2.75, 3.05) is 6.54 Å². The second kappa shape index (κ2) is 4.49. The molecule has 0 amide bonds. The molecule has 0 spiro atoms. The van der Waals surface area contributed by atoms with Crippen molar-refractivity contribution in [3.63, 3.8) is 0 Å². The molecule has 1 aliphatic heterocycles. The number of carbonyl (C=O) groups excluding carboxylic acids is 1. The third-order valence-electron chi connectivity index (χ3n) is 2.03. The van der Waals surface area contributed by atoms with Crippen molar-refractivity contribution in [3.05, 3.63) is 12.3 Å². The summed E-state index contributed by atoms with van der Waals surface area (Å²) in [5.74, 6) is -0.0636. The first-order valence-corrected chi connectivity index (χ1v) is 5.10. The zero-order valence-corrected chi connectivity index (χ0v) is 9.17. The maximum Gasteiger partial charge on any atom is 0.309 e. The molecule has 0 bridgehead atoms. The molecule has 1 N–H and O–H groups in total. The Kier molecular flexibility index (Phi) is 3.55. The highest BCUT2D eigenvalue weighted by molar-refractivity contribution is 5.73. The summed E-state index contributed by atoms with van der Waals surface area (Å²) in [6.45, 7) is 6.54. The van der Waals surface area contributed by atoms with Gasteiger partial charge in [-0.05, 0) is 39.8 Å². The van der Waals surface area contributed by atoms with Crippen LogP contribution in [-0.4, -0.2) is 18.1 Å². The molecule has 0 saturated carbocycles. The Morgan fingerprint density at radius 1 is 1.50 bits per heavy atom. The van der Waals surface area contributed by atoms with Gasteiger partial charge in [-0.2, -0.15) is 0 Å². The van der Waals surface area contributed by atoms with Crippen LogP contribution >= 0.6 is 0 Å². The fourth-order valence-corrected chi connectivity index (χ4v) is 1.37. The number of hydrogen-bond acceptors (Lipinski definition) is 3. The molecule has 1 unspecified atom stereocenters. The van der Waals surface area contributed by atoms with Gasteiger partial charge in [0.05, 0.1) is 5.92 Å². The standard InChI is InChI=1S/C11H19NO2/c1-11(2,3)14-10(13)9-5-4-7-12-8-6-9/h4,7,9,12H,5-6,8H2,1-3H3. The molecule has 1 atom stereocenters. The molecular weight excluding hydrogens is 178 g/mol. The second-order valence-corrected chi connectivity index (χ2v) is 4.61. The van der Waals surface area contributed by atoms with Gasteiger partial charge in [-0.1, -0.05) is 6.08 Å². The summed E-state index contributed by atoms with van der Waals surface area (Å²) in [7, 11) is 0. The predicted octanol–water partition coefficient (Wildman–Crippen LogP) is 1.84. The summed E-state index contributed by atoms with van der Waals surface area (Å²) in [6.07, 6.45) is 5.52. The number of carbonyl (C=O) groups is 1. The summed E-state index contributed by atoms with van der Waals surface area (Å²) in [6, 6.07) is 0. The zero-order valence-electron chi connectivity index (χ0n) is 9.17. The highest BCUT2D eigenvalue weighted by Crippen LogP contribution is 2.17. The lowest BCUT2D eigenvalue weighted by molar-refractivity contribution is -0.160. The maximum atomic E-state index is 11.7. The minimum absolute atomic E-state index is 0.0143. The fourth-order valence-electron chi connectivity index (χ4n) is 1.37. The smallest absolute Gasteiger partial charge is 0.309 e. The van der Waals surface area contributed by atoms with E-state index in [4.69, 9.17) is 4.74 Å². The quantitative estimate of drug-likeness (QED) is 0.652. The molecule has 0 aromatic heterocycles. The van der Waals surface area contributed by atoms with Crippen molar-refractivity contribution in [1.82, 2.24) is 5.32 Å². The second-order valence-electron chi connectivity index (χ2n) is 4.61. The molecule has 0 saturated heterocycles. The van der Waals surface area contributed by atoms with Gasteiger partial charge in [-0.15, -0.1) is 0 Å². The molecule has 0 aliphatic carbocycles. The predicted molar refractivity (Wildman–Crippen MR) is 55.7 cm³/mol. The minimum Gasteiger partial charge on any atom is -0.460 e. The van der Waals surface area contributed by atoms with E-state index in [9.17, 15) is 4.79 Å². The minimum atomic E-state index is -0.374. The lowest BCUT2D eigenvalue weighted by Gasteiger charge is -2.22. The molecule has 3 heteroatoms. The van der Waals surface area contributed by atoms with Crippen LogP contribution in [0.15, 0.2) is 12.3 Å². The van der Waals surface area contributed by atoms with E-state index in [1.807, 2.05) is 33.0 Å². The van der Waals surface area contributed by atoms with Crippen molar-refractivity contribution in [1.29, 1.82) is 0 Å². The van der Waals surface area contributed by atoms with Gasteiger partial charge in [0, 0.05) is 6.54 Å². The Balaban J connectivity index is 2.47. The van der Waals surface area contributed by atoms with Crippen LogP contribution in [0.3, 0.4) is 0 Å². The number of allylic oxidation sites excluding steroid dienone is 1. The van der Waals surface area contributed by atoms with Gasteiger partial charge in [-0.25, -0.2) is 0 Å². The third-order valence-corrected chi connectivity index (χ3v) is 2.03. The first-order chi connectivity index (χ1) is 6.49. The SMILES string of the molecule is CC(C)(C)OC(=O)C1CC=CNCC1. The monoisotopic (exact) mass is 197 g/mol. The van der Waals surface area contributed by atoms with Crippen LogP contribution in [0.1, 0.15) is 33.6 Å². The molecule has 0 radical (unpaired) electrons. The highest BCUT2D eigenvalue weighted by atomic mass is 16.6. The Morgan fingerprint density at radius 2 is 2.21 bits per heavy atom. The first-order valence-electron chi connectivity index (χ1n) is 5.10. The van der Waals surface area contributed by atoms with E-state index in [1.165, 1.54) is 0 Å². The van der Waals surface area contributed by atoms with Crippen LogP contribution in [-0.2, 0) is 9.53 Å². The molecule has 0 aromatic rings. The summed E-state index contributed by atoms with van der Waals surface area (Å²) in [4.78, 5) is 11.7. The van der Waals surface area contributed by atoms with Crippen molar-refractivity contribution < 1.29 is 9.53 Å². The molecule has 3 nitrogen and oxygen atoms in total. The van der Waals surface area contributed by atoms with Gasteiger partial charge in [0.1, 0.15) is 5.60 Å². The zero-order chi connectivity index (χ0) is 10.6. The summed E-state index contributed by atoms with van der Waals surface area (Å²) < 4.78 is 5.33. The lowest BCUT2D eigenvalue weighted by atomic mass is 10.0. The Labute approximate surface area is 85.5 Å². The number of hydrogen-bond donors (Lipinski definition) is 1. The molecule has 80 valence electrons. The van der Waals surface area contributed by atoms with Gasteiger partial charge >= 0.3 is 5.97 Å². The Morgan fingerprint density at radius 3 is 2.86 bits per heavy atom. The van der Waals surface area contributed by atoms with Crippen LogP contribution in [0.4, 0.5) is 0 Å². The normalized spacial score (nSPS) is 22.4. The molecule has 14 heavy (non-hydrogen) atoms. The lowest BCUT2D eigenvalue weighted by Crippen LogP contribution is -2.29. The molecule has 1 rings (SSSR count). The Hall–Kier alpha value is -0.990. The van der Waals surface area contributed by atoms with E-state index in [0.717, 1.165) is 19.4 Å². The van der Waals surface area contributed by atoms with Gasteiger partial charge in [0.2, 0.25) is 0 Å². The average molecular weight is 197 g/mol. The molecule has 0 aromatic carbocycles. The van der Waals surface area contributed by atoms with Gasteiger partial charge < -0.3 is 10.1 Å². The molecule has 0 fully saturated rings. The summed E-state index contributed by atoms with van der Waals surface area (Å²) >= 11 is 0. The average Bonchev–Trinajstić information content (AvgIpc) is 2.27. The van der Waals surface area contributed by atoms with Crippen LogP contribution in [0, 0.1) is 5.92 Å². The van der Waals surface area contributed by atoms with Gasteiger partial charge in [0.25, 0.3) is 0 Å². The topological polar surface area (TPSA) is 38.3 Å². The summed E-state index contributed by atoms with van der Waals surface area (Å²) in [5.41, 5.74) is -0.374. The van der Waals surface area contributed by atoms with Crippen molar-refractivity contribution in [2.24, 2.45) is 5.92 Å². The van der Waals surface area contributed by atoms with Crippen molar-refractivity contribution in [3.8, 4) is 0 Å². The largest absolute Gasteiger partial charge is 0.460 e. The van der Waals surface area contributed by atoms with E-state index >= 15 is 0 Å². The maximum absolute atomic E-state index is 11.7. The van der Waals surface area contributed by atoms with Crippen molar-refractivity contribution in [2.45, 2.75) is 39.2 Å². The third kappa shape index (κ3) is 3.81. The van der Waals surface area contributed by atoms with E-state index in [-0.39, 0.29) is 17.5 Å². The first kappa shape index (κ1) is 11.1. The van der Waals surface area contributed by atoms with E-state index in [0.29, 0.717) is 0 Å². The molecular formula is C11H19NO2. The van der Waals surface area contributed by atoms with E-state index < -0.39 is 0 Å². The summed E-state index contributed by atoms with van der Waals surface area (Å²) in [5, 5.41) is 3.11. The molecule has 1 aliphatic rings. The van der Waals surface area contributed by atoms with Crippen LogP contribution in [0.2, 0.25) is 0 Å². The molecule has 1 heterocycles. The van der Waals surface area contributed by atoms with Gasteiger partial charge in [-0.3, -0.25) is 4.79 Å². The van der Waals surface area contributed by atoms with Crippen molar-refractivity contribution >= 4 is 5.97 Å². The van der Waals surface area contributed by atoms with E-state index in [2.05, 4.69) is 5.32 Å². The highest BCUT2D eigenvalue weighted by Gasteiger charge is 2.24.